The second-order valence-electron chi connectivity index (χ2n) is 4.66. The van der Waals surface area contributed by atoms with Gasteiger partial charge in [-0.25, -0.2) is 9.48 Å². The Morgan fingerprint density at radius 1 is 1.36 bits per heavy atom. The van der Waals surface area contributed by atoms with Gasteiger partial charge in [-0.2, -0.15) is 0 Å². The van der Waals surface area contributed by atoms with Crippen molar-refractivity contribution in [1.82, 2.24) is 20.3 Å². The zero-order valence-electron chi connectivity index (χ0n) is 12.2. The molecule has 1 amide bonds. The predicted molar refractivity (Wildman–Crippen MR) is 76.9 cm³/mol. The monoisotopic (exact) mass is 304 g/mol. The first-order valence-electron chi connectivity index (χ1n) is 6.54. The van der Waals surface area contributed by atoms with Gasteiger partial charge in [0.25, 0.3) is 5.91 Å². The number of ether oxygens (including phenoxy) is 1. The van der Waals surface area contributed by atoms with Crippen LogP contribution in [0.2, 0.25) is 0 Å². The first-order valence-corrected chi connectivity index (χ1v) is 6.54. The van der Waals surface area contributed by atoms with Crippen LogP contribution >= 0.6 is 0 Å². The molecule has 0 saturated carbocycles. The maximum atomic E-state index is 11.9. The average molecular weight is 304 g/mol. The zero-order chi connectivity index (χ0) is 16.1. The third-order valence-electron chi connectivity index (χ3n) is 3.03. The molecule has 1 heterocycles. The van der Waals surface area contributed by atoms with Crippen LogP contribution in [0.15, 0.2) is 30.5 Å². The summed E-state index contributed by atoms with van der Waals surface area (Å²) in [4.78, 5) is 22.7. The standard InChI is InChI=1S/C14H16N4O4/c1-9-3-5-10(6-4-9)18-8-11(16-17-18)13(19)15-7-12(22-2)14(20)21/h3-6,8,12H,7H2,1-2H3,(H,15,19)(H,20,21). The molecule has 0 aliphatic rings. The van der Waals surface area contributed by atoms with E-state index >= 15 is 0 Å². The fourth-order valence-corrected chi connectivity index (χ4v) is 1.74. The van der Waals surface area contributed by atoms with Crippen LogP contribution in [0.5, 0.6) is 0 Å². The highest BCUT2D eigenvalue weighted by molar-refractivity contribution is 5.92. The van der Waals surface area contributed by atoms with Crippen molar-refractivity contribution in [1.29, 1.82) is 0 Å². The summed E-state index contributed by atoms with van der Waals surface area (Å²) in [5, 5.41) is 18.9. The third kappa shape index (κ3) is 3.67. The number of hydrogen-bond acceptors (Lipinski definition) is 5. The van der Waals surface area contributed by atoms with Gasteiger partial charge in [0.15, 0.2) is 11.8 Å². The minimum atomic E-state index is -1.15. The fraction of sp³-hybridized carbons (Fsp3) is 0.286. The van der Waals surface area contributed by atoms with E-state index in [9.17, 15) is 9.59 Å². The molecule has 0 aliphatic heterocycles. The number of carbonyl (C=O) groups excluding carboxylic acids is 1. The molecule has 8 heteroatoms. The van der Waals surface area contributed by atoms with Crippen LogP contribution < -0.4 is 5.32 Å². The number of amides is 1. The third-order valence-corrected chi connectivity index (χ3v) is 3.03. The van der Waals surface area contributed by atoms with E-state index < -0.39 is 18.0 Å². The van der Waals surface area contributed by atoms with Crippen LogP contribution in [0.1, 0.15) is 16.1 Å². The topological polar surface area (TPSA) is 106 Å². The highest BCUT2D eigenvalue weighted by atomic mass is 16.5. The SMILES string of the molecule is COC(CNC(=O)c1cn(-c2ccc(C)cc2)nn1)C(=O)O. The molecule has 0 aliphatic carbocycles. The van der Waals surface area contributed by atoms with Crippen molar-refractivity contribution in [3.63, 3.8) is 0 Å². The van der Waals surface area contributed by atoms with Gasteiger partial charge in [0.1, 0.15) is 0 Å². The van der Waals surface area contributed by atoms with Gasteiger partial charge < -0.3 is 15.2 Å². The van der Waals surface area contributed by atoms with Gasteiger partial charge in [-0.15, -0.1) is 5.10 Å². The summed E-state index contributed by atoms with van der Waals surface area (Å²) in [6.07, 6.45) is 0.374. The molecular weight excluding hydrogens is 288 g/mol. The van der Waals surface area contributed by atoms with Crippen molar-refractivity contribution < 1.29 is 19.4 Å². The molecular formula is C14H16N4O4. The summed E-state index contributed by atoms with van der Waals surface area (Å²) in [5.41, 5.74) is 1.99. The first kappa shape index (κ1) is 15.6. The molecule has 2 aromatic rings. The maximum absolute atomic E-state index is 11.9. The summed E-state index contributed by atoms with van der Waals surface area (Å²) in [5.74, 6) is -1.66. The smallest absolute Gasteiger partial charge is 0.334 e. The second-order valence-corrected chi connectivity index (χ2v) is 4.66. The van der Waals surface area contributed by atoms with Crippen molar-refractivity contribution in [2.24, 2.45) is 0 Å². The average Bonchev–Trinajstić information content (AvgIpc) is 2.98. The lowest BCUT2D eigenvalue weighted by Crippen LogP contribution is -2.37. The molecule has 1 unspecified atom stereocenters. The van der Waals surface area contributed by atoms with Crippen LogP contribution in [0, 0.1) is 6.92 Å². The predicted octanol–water partition coefficient (Wildman–Crippen LogP) is 0.405. The number of benzene rings is 1. The highest BCUT2D eigenvalue weighted by Gasteiger charge is 2.19. The number of carboxylic acid groups (broad SMARTS) is 1. The van der Waals surface area contributed by atoms with Crippen LogP contribution in [0.3, 0.4) is 0 Å². The fourth-order valence-electron chi connectivity index (χ4n) is 1.74. The minimum Gasteiger partial charge on any atom is -0.479 e. The van der Waals surface area contributed by atoms with Gasteiger partial charge in [-0.05, 0) is 19.1 Å². The quantitative estimate of drug-likeness (QED) is 0.800. The molecule has 1 atom stereocenters. The minimum absolute atomic E-state index is 0.0980. The van der Waals surface area contributed by atoms with Crippen LogP contribution in [-0.2, 0) is 9.53 Å². The Morgan fingerprint density at radius 3 is 2.64 bits per heavy atom. The lowest BCUT2D eigenvalue weighted by molar-refractivity contribution is -0.148. The van der Waals surface area contributed by atoms with E-state index in [4.69, 9.17) is 9.84 Å². The Kier molecular flexibility index (Phi) is 4.84. The van der Waals surface area contributed by atoms with Gasteiger partial charge in [-0.1, -0.05) is 22.9 Å². The molecule has 2 N–H and O–H groups in total. The number of aliphatic carboxylic acids is 1. The van der Waals surface area contributed by atoms with Crippen LogP contribution in [-0.4, -0.2) is 51.7 Å². The number of carbonyl (C=O) groups is 2. The Bertz CT molecular complexity index is 666. The van der Waals surface area contributed by atoms with Gasteiger partial charge in [-0.3, -0.25) is 4.79 Å². The van der Waals surface area contributed by atoms with E-state index in [1.807, 2.05) is 31.2 Å². The van der Waals surface area contributed by atoms with Gasteiger partial charge in [0.05, 0.1) is 18.4 Å². The van der Waals surface area contributed by atoms with Crippen molar-refractivity contribution in [3.05, 3.63) is 41.7 Å². The van der Waals surface area contributed by atoms with Crippen molar-refractivity contribution >= 4 is 11.9 Å². The van der Waals surface area contributed by atoms with Crippen LogP contribution in [0.4, 0.5) is 0 Å². The lowest BCUT2D eigenvalue weighted by Gasteiger charge is -2.10. The molecule has 0 fully saturated rings. The molecule has 116 valence electrons. The number of methoxy groups -OCH3 is 1. The Morgan fingerprint density at radius 2 is 2.05 bits per heavy atom. The van der Waals surface area contributed by atoms with E-state index in [1.165, 1.54) is 18.0 Å². The molecule has 0 saturated heterocycles. The number of nitrogens with zero attached hydrogens (tertiary/aromatic N) is 3. The maximum Gasteiger partial charge on any atom is 0.334 e. The summed E-state index contributed by atoms with van der Waals surface area (Å²) in [7, 11) is 1.26. The van der Waals surface area contributed by atoms with E-state index in [2.05, 4.69) is 15.6 Å². The number of rotatable bonds is 6. The molecule has 8 nitrogen and oxygen atoms in total. The number of aromatic nitrogens is 3. The Balaban J connectivity index is 2.03. The van der Waals surface area contributed by atoms with Gasteiger partial charge in [0.2, 0.25) is 0 Å². The normalized spacial score (nSPS) is 11.9. The number of nitrogens with one attached hydrogen (secondary N) is 1. The Labute approximate surface area is 126 Å². The molecule has 0 radical (unpaired) electrons. The summed E-state index contributed by atoms with van der Waals surface area (Å²) >= 11 is 0. The summed E-state index contributed by atoms with van der Waals surface area (Å²) < 4.78 is 6.20. The molecule has 0 spiro atoms. The molecule has 1 aromatic heterocycles. The molecule has 0 bridgehead atoms. The van der Waals surface area contributed by atoms with Crippen molar-refractivity contribution in [2.45, 2.75) is 13.0 Å². The first-order chi connectivity index (χ1) is 10.5. The summed E-state index contributed by atoms with van der Waals surface area (Å²) in [6, 6.07) is 7.56. The summed E-state index contributed by atoms with van der Waals surface area (Å²) in [6.45, 7) is 1.82. The highest BCUT2D eigenvalue weighted by Crippen LogP contribution is 2.08. The van der Waals surface area contributed by atoms with E-state index in [1.54, 1.807) is 0 Å². The number of carboxylic acids is 1. The largest absolute Gasteiger partial charge is 0.479 e. The van der Waals surface area contributed by atoms with E-state index in [0.717, 1.165) is 11.3 Å². The van der Waals surface area contributed by atoms with Crippen molar-refractivity contribution in [3.8, 4) is 5.69 Å². The van der Waals surface area contributed by atoms with Gasteiger partial charge >= 0.3 is 5.97 Å². The number of aryl methyl sites for hydroxylation is 1. The van der Waals surface area contributed by atoms with Crippen LogP contribution in [0.25, 0.3) is 5.69 Å². The second kappa shape index (κ2) is 6.81. The van der Waals surface area contributed by atoms with Gasteiger partial charge in [0, 0.05) is 7.11 Å². The number of hydrogen-bond donors (Lipinski definition) is 2. The van der Waals surface area contributed by atoms with E-state index in [0.29, 0.717) is 0 Å². The van der Waals surface area contributed by atoms with Crippen molar-refractivity contribution in [2.75, 3.05) is 13.7 Å². The lowest BCUT2D eigenvalue weighted by atomic mass is 10.2. The molecule has 2 rings (SSSR count). The van der Waals surface area contributed by atoms with E-state index in [-0.39, 0.29) is 12.2 Å². The Hall–Kier alpha value is -2.74. The molecule has 22 heavy (non-hydrogen) atoms. The zero-order valence-corrected chi connectivity index (χ0v) is 12.2. The molecule has 1 aromatic carbocycles.